The maximum Gasteiger partial charge on any atom is 0.293 e. The molecular formula is C17H20N6O3. The molecule has 1 amide bonds. The van der Waals surface area contributed by atoms with Crippen LogP contribution in [-0.2, 0) is 4.79 Å². The number of nitrogens with zero attached hydrogens (tertiary/aromatic N) is 5. The Morgan fingerprint density at radius 2 is 1.92 bits per heavy atom. The summed E-state index contributed by atoms with van der Waals surface area (Å²) in [6, 6.07) is 6.53. The van der Waals surface area contributed by atoms with Crippen molar-refractivity contribution in [1.82, 2.24) is 14.9 Å². The van der Waals surface area contributed by atoms with Gasteiger partial charge in [0.25, 0.3) is 5.69 Å². The van der Waals surface area contributed by atoms with Crippen LogP contribution in [0.5, 0.6) is 0 Å². The number of anilines is 2. The summed E-state index contributed by atoms with van der Waals surface area (Å²) in [4.78, 5) is 35.5. The van der Waals surface area contributed by atoms with Crippen LogP contribution in [0.1, 0.15) is 5.56 Å². The topological polar surface area (TPSA) is 104 Å². The van der Waals surface area contributed by atoms with Gasteiger partial charge in [0.15, 0.2) is 0 Å². The molecule has 0 unspecified atom stereocenters. The number of aromatic nitrogens is 2. The first kappa shape index (κ1) is 17.7. The molecule has 0 bridgehead atoms. The predicted molar refractivity (Wildman–Crippen MR) is 97.1 cm³/mol. The molecular weight excluding hydrogens is 336 g/mol. The van der Waals surface area contributed by atoms with Gasteiger partial charge in [-0.25, -0.2) is 9.97 Å². The van der Waals surface area contributed by atoms with Crippen LogP contribution >= 0.6 is 0 Å². The Hall–Kier alpha value is -3.07. The molecule has 0 radical (unpaired) electrons. The summed E-state index contributed by atoms with van der Waals surface area (Å²) in [5.74, 6) is 0.424. The van der Waals surface area contributed by atoms with Gasteiger partial charge >= 0.3 is 0 Å². The average Bonchev–Trinajstić information content (AvgIpc) is 2.64. The van der Waals surface area contributed by atoms with Crippen molar-refractivity contribution in [3.8, 4) is 0 Å². The Labute approximate surface area is 150 Å². The largest absolute Gasteiger partial charge is 0.338 e. The van der Waals surface area contributed by atoms with Crippen LogP contribution in [-0.4, -0.2) is 58.4 Å². The molecule has 0 aliphatic carbocycles. The highest BCUT2D eigenvalue weighted by molar-refractivity contribution is 5.94. The lowest BCUT2D eigenvalue weighted by Crippen LogP contribution is -2.49. The second kappa shape index (κ2) is 7.87. The van der Waals surface area contributed by atoms with Crippen molar-refractivity contribution >= 4 is 23.2 Å². The number of hydrogen-bond acceptors (Lipinski definition) is 7. The number of nitro benzene ring substituents is 1. The molecule has 1 aliphatic rings. The maximum atomic E-state index is 12.3. The second-order valence-electron chi connectivity index (χ2n) is 6.14. The van der Waals surface area contributed by atoms with E-state index in [0.717, 1.165) is 18.7 Å². The van der Waals surface area contributed by atoms with Crippen molar-refractivity contribution in [2.24, 2.45) is 0 Å². The van der Waals surface area contributed by atoms with E-state index in [0.29, 0.717) is 19.0 Å². The summed E-state index contributed by atoms with van der Waals surface area (Å²) in [5.41, 5.74) is 0.903. The van der Waals surface area contributed by atoms with Gasteiger partial charge in [-0.3, -0.25) is 19.8 Å². The molecule has 1 aromatic carbocycles. The fourth-order valence-electron chi connectivity index (χ4n) is 2.85. The lowest BCUT2D eigenvalue weighted by molar-refractivity contribution is -0.384. The normalized spacial score (nSPS) is 14.9. The van der Waals surface area contributed by atoms with Crippen molar-refractivity contribution in [3.63, 3.8) is 0 Å². The summed E-state index contributed by atoms with van der Waals surface area (Å²) in [7, 11) is 0. The van der Waals surface area contributed by atoms with E-state index in [2.05, 4.69) is 20.2 Å². The van der Waals surface area contributed by atoms with Gasteiger partial charge < -0.3 is 10.2 Å². The first-order chi connectivity index (χ1) is 12.5. The Bertz CT molecular complexity index is 790. The van der Waals surface area contributed by atoms with E-state index < -0.39 is 4.92 Å². The molecule has 0 saturated carbocycles. The van der Waals surface area contributed by atoms with Gasteiger partial charge in [0.2, 0.25) is 11.9 Å². The number of nitro groups is 1. The number of carbonyl (C=O) groups excluding carboxylic acids is 1. The Morgan fingerprint density at radius 1 is 1.23 bits per heavy atom. The van der Waals surface area contributed by atoms with Crippen LogP contribution in [0.15, 0.2) is 36.7 Å². The van der Waals surface area contributed by atoms with Gasteiger partial charge in [-0.1, -0.05) is 6.07 Å². The minimum absolute atomic E-state index is 0.0932. The van der Waals surface area contributed by atoms with Crippen molar-refractivity contribution in [1.29, 1.82) is 0 Å². The molecule has 9 nitrogen and oxygen atoms in total. The van der Waals surface area contributed by atoms with Crippen molar-refractivity contribution < 1.29 is 9.72 Å². The van der Waals surface area contributed by atoms with Gasteiger partial charge in [0, 0.05) is 44.6 Å². The quantitative estimate of drug-likeness (QED) is 0.638. The third kappa shape index (κ3) is 4.31. The third-order valence-corrected chi connectivity index (χ3v) is 4.20. The number of rotatable bonds is 5. The van der Waals surface area contributed by atoms with E-state index in [1.807, 2.05) is 4.90 Å². The summed E-state index contributed by atoms with van der Waals surface area (Å²) in [6.45, 7) is 4.80. The molecule has 136 valence electrons. The molecule has 3 rings (SSSR count). The minimum atomic E-state index is -0.485. The van der Waals surface area contributed by atoms with E-state index in [9.17, 15) is 14.9 Å². The van der Waals surface area contributed by atoms with Crippen LogP contribution in [0.4, 0.5) is 17.3 Å². The summed E-state index contributed by atoms with van der Waals surface area (Å²) >= 11 is 0. The fraction of sp³-hybridized carbons (Fsp3) is 0.353. The Kier molecular flexibility index (Phi) is 5.37. The first-order valence-corrected chi connectivity index (χ1v) is 8.32. The molecule has 1 aromatic heterocycles. The standard InChI is InChI=1S/C17H20N6O3/c1-13-3-4-14(15(11-13)23(25)26)20-16(24)12-21-7-9-22(10-8-21)17-18-5-2-6-19-17/h2-6,11H,7-10,12H2,1H3,(H,20,24). The molecule has 1 aliphatic heterocycles. The first-order valence-electron chi connectivity index (χ1n) is 8.32. The smallest absolute Gasteiger partial charge is 0.293 e. The molecule has 1 fully saturated rings. The number of carbonyl (C=O) groups is 1. The molecule has 1 saturated heterocycles. The Balaban J connectivity index is 1.54. The van der Waals surface area contributed by atoms with Crippen molar-refractivity contribution in [3.05, 3.63) is 52.3 Å². The van der Waals surface area contributed by atoms with E-state index >= 15 is 0 Å². The zero-order valence-corrected chi connectivity index (χ0v) is 14.5. The second-order valence-corrected chi connectivity index (χ2v) is 6.14. The number of aryl methyl sites for hydroxylation is 1. The SMILES string of the molecule is Cc1ccc(NC(=O)CN2CCN(c3ncccn3)CC2)c([N+](=O)[O-])c1. The van der Waals surface area contributed by atoms with Crippen LogP contribution < -0.4 is 10.2 Å². The van der Waals surface area contributed by atoms with Crippen LogP contribution in [0.3, 0.4) is 0 Å². The van der Waals surface area contributed by atoms with Gasteiger partial charge in [-0.2, -0.15) is 0 Å². The highest BCUT2D eigenvalue weighted by atomic mass is 16.6. The molecule has 0 atom stereocenters. The lowest BCUT2D eigenvalue weighted by atomic mass is 10.2. The van der Waals surface area contributed by atoms with Crippen LogP contribution in [0.25, 0.3) is 0 Å². The monoisotopic (exact) mass is 356 g/mol. The highest BCUT2D eigenvalue weighted by Crippen LogP contribution is 2.25. The number of amides is 1. The summed E-state index contributed by atoms with van der Waals surface area (Å²) < 4.78 is 0. The molecule has 26 heavy (non-hydrogen) atoms. The van der Waals surface area contributed by atoms with Crippen LogP contribution in [0, 0.1) is 17.0 Å². The van der Waals surface area contributed by atoms with Crippen molar-refractivity contribution in [2.75, 3.05) is 42.9 Å². The van der Waals surface area contributed by atoms with E-state index in [1.54, 1.807) is 37.5 Å². The average molecular weight is 356 g/mol. The van der Waals surface area contributed by atoms with E-state index in [-0.39, 0.29) is 23.8 Å². The number of nitrogens with one attached hydrogen (secondary N) is 1. The number of piperazine rings is 1. The Morgan fingerprint density at radius 3 is 2.58 bits per heavy atom. The number of hydrogen-bond donors (Lipinski definition) is 1. The van der Waals surface area contributed by atoms with Gasteiger partial charge in [0.1, 0.15) is 5.69 Å². The van der Waals surface area contributed by atoms with Gasteiger partial charge in [-0.05, 0) is 24.6 Å². The lowest BCUT2D eigenvalue weighted by Gasteiger charge is -2.34. The molecule has 2 aromatic rings. The fourth-order valence-corrected chi connectivity index (χ4v) is 2.85. The molecule has 0 spiro atoms. The zero-order chi connectivity index (χ0) is 18.5. The molecule has 2 heterocycles. The molecule has 9 heteroatoms. The minimum Gasteiger partial charge on any atom is -0.338 e. The predicted octanol–water partition coefficient (Wildman–Crippen LogP) is 1.45. The third-order valence-electron chi connectivity index (χ3n) is 4.20. The zero-order valence-electron chi connectivity index (χ0n) is 14.5. The summed E-state index contributed by atoms with van der Waals surface area (Å²) in [6.07, 6.45) is 3.41. The number of benzene rings is 1. The van der Waals surface area contributed by atoms with E-state index in [4.69, 9.17) is 0 Å². The van der Waals surface area contributed by atoms with Gasteiger partial charge in [0.05, 0.1) is 11.5 Å². The highest BCUT2D eigenvalue weighted by Gasteiger charge is 2.22. The summed E-state index contributed by atoms with van der Waals surface area (Å²) in [5, 5.41) is 13.8. The molecule has 1 N–H and O–H groups in total. The van der Waals surface area contributed by atoms with E-state index in [1.165, 1.54) is 6.07 Å². The van der Waals surface area contributed by atoms with Gasteiger partial charge in [-0.15, -0.1) is 0 Å². The maximum absolute atomic E-state index is 12.3. The van der Waals surface area contributed by atoms with Crippen molar-refractivity contribution in [2.45, 2.75) is 6.92 Å². The van der Waals surface area contributed by atoms with Crippen LogP contribution in [0.2, 0.25) is 0 Å².